The Morgan fingerprint density at radius 2 is 2.42 bits per heavy atom. The van der Waals surface area contributed by atoms with Crippen molar-refractivity contribution in [2.45, 2.75) is 0 Å². The minimum absolute atomic E-state index is 0.0176. The maximum atomic E-state index is 10.9. The molecule has 1 N–H and O–H groups in total. The van der Waals surface area contributed by atoms with Crippen molar-refractivity contribution < 1.29 is 4.79 Å². The average Bonchev–Trinajstić information content (AvgIpc) is 2.05. The smallest absolute Gasteiger partial charge is 0.266 e. The highest BCUT2D eigenvalue weighted by atomic mass is 35.5. The molecule has 0 saturated carbocycles. The zero-order valence-electron chi connectivity index (χ0n) is 5.78. The van der Waals surface area contributed by atoms with Gasteiger partial charge in [0, 0.05) is 0 Å². The lowest BCUT2D eigenvalue weighted by molar-refractivity contribution is 0.0967. The van der Waals surface area contributed by atoms with Crippen LogP contribution in [-0.2, 0) is 0 Å². The molecular weight excluding hydrogens is 180 g/mol. The van der Waals surface area contributed by atoms with E-state index in [-0.39, 0.29) is 10.8 Å². The second-order valence-electron chi connectivity index (χ2n) is 1.79. The molecule has 1 amide bonds. The number of carbonyl (C=O) groups is 1. The van der Waals surface area contributed by atoms with Gasteiger partial charge in [-0.25, -0.2) is 4.98 Å². The van der Waals surface area contributed by atoms with E-state index in [0.717, 1.165) is 0 Å². The number of carbonyl (C=O) groups excluding carboxylic acids is 1. The van der Waals surface area contributed by atoms with E-state index < -0.39 is 5.91 Å². The van der Waals surface area contributed by atoms with Gasteiger partial charge in [0.05, 0.1) is 12.4 Å². The fourth-order valence-corrected chi connectivity index (χ4v) is 0.714. The molecule has 12 heavy (non-hydrogen) atoms. The molecule has 0 saturated heterocycles. The number of nitrogens with zero attached hydrogens (tertiary/aromatic N) is 3. The highest BCUT2D eigenvalue weighted by molar-refractivity contribution is 6.29. The van der Waals surface area contributed by atoms with E-state index in [2.05, 4.69) is 9.97 Å². The topological polar surface area (TPSA) is 78.7 Å². The Bertz CT molecular complexity index is 346. The quantitative estimate of drug-likeness (QED) is 0.502. The number of aromatic nitrogens is 2. The van der Waals surface area contributed by atoms with Gasteiger partial charge < -0.3 is 0 Å². The zero-order valence-corrected chi connectivity index (χ0v) is 6.54. The third-order valence-electron chi connectivity index (χ3n) is 1.01. The predicted molar refractivity (Wildman–Crippen MR) is 40.1 cm³/mol. The van der Waals surface area contributed by atoms with Crippen molar-refractivity contribution in [3.8, 4) is 6.19 Å². The molecule has 0 fully saturated rings. The van der Waals surface area contributed by atoms with E-state index in [0.29, 0.717) is 0 Å². The summed E-state index contributed by atoms with van der Waals surface area (Å²) in [5.74, 6) is -0.618. The molecule has 1 aromatic rings. The molecule has 0 aliphatic heterocycles. The Balaban J connectivity index is 2.90. The Labute approximate surface area is 73.0 Å². The number of hydrogen-bond acceptors (Lipinski definition) is 4. The molecule has 0 spiro atoms. The summed E-state index contributed by atoms with van der Waals surface area (Å²) in [6, 6.07) is 0. The van der Waals surface area contributed by atoms with Crippen molar-refractivity contribution >= 4 is 17.5 Å². The summed E-state index contributed by atoms with van der Waals surface area (Å²) in [7, 11) is 0. The standard InChI is InChI=1S/C6H3ClN4O/c7-5-2-9-1-4(11-5)6(12)10-3-8/h1-2H,(H,10,12). The van der Waals surface area contributed by atoms with E-state index in [4.69, 9.17) is 16.9 Å². The largest absolute Gasteiger partial charge is 0.284 e. The summed E-state index contributed by atoms with van der Waals surface area (Å²) >= 11 is 5.45. The van der Waals surface area contributed by atoms with Crippen LogP contribution < -0.4 is 5.32 Å². The normalized spacial score (nSPS) is 8.67. The average molecular weight is 183 g/mol. The summed E-state index contributed by atoms with van der Waals surface area (Å²) in [6.45, 7) is 0. The molecule has 0 atom stereocenters. The molecule has 0 radical (unpaired) electrons. The van der Waals surface area contributed by atoms with Crippen molar-refractivity contribution in [3.05, 3.63) is 23.2 Å². The summed E-state index contributed by atoms with van der Waals surface area (Å²) in [6.07, 6.45) is 3.99. The van der Waals surface area contributed by atoms with Gasteiger partial charge in [0.2, 0.25) is 0 Å². The number of amides is 1. The first-order chi connectivity index (χ1) is 5.74. The SMILES string of the molecule is N#CNC(=O)c1cncc(Cl)n1. The molecule has 0 aliphatic rings. The van der Waals surface area contributed by atoms with E-state index in [1.54, 1.807) is 0 Å². The first-order valence-corrected chi connectivity index (χ1v) is 3.29. The van der Waals surface area contributed by atoms with Crippen molar-refractivity contribution in [1.29, 1.82) is 5.26 Å². The van der Waals surface area contributed by atoms with Crippen LogP contribution in [-0.4, -0.2) is 15.9 Å². The number of halogens is 1. The van der Waals surface area contributed by atoms with Gasteiger partial charge in [-0.2, -0.15) is 5.26 Å². The lowest BCUT2D eigenvalue weighted by atomic mass is 10.4. The van der Waals surface area contributed by atoms with E-state index >= 15 is 0 Å². The number of rotatable bonds is 1. The van der Waals surface area contributed by atoms with Crippen LogP contribution in [0, 0.1) is 11.5 Å². The monoisotopic (exact) mass is 182 g/mol. The first kappa shape index (κ1) is 8.43. The van der Waals surface area contributed by atoms with Gasteiger partial charge in [-0.05, 0) is 0 Å². The maximum absolute atomic E-state index is 10.9. The van der Waals surface area contributed by atoms with Gasteiger partial charge in [-0.1, -0.05) is 11.6 Å². The molecule has 1 rings (SSSR count). The molecule has 0 aliphatic carbocycles. The van der Waals surface area contributed by atoms with Gasteiger partial charge in [0.15, 0.2) is 6.19 Å². The van der Waals surface area contributed by atoms with Crippen LogP contribution in [0.2, 0.25) is 5.15 Å². The van der Waals surface area contributed by atoms with Gasteiger partial charge in [0.25, 0.3) is 5.91 Å². The van der Waals surface area contributed by atoms with Crippen molar-refractivity contribution in [2.75, 3.05) is 0 Å². The third-order valence-corrected chi connectivity index (χ3v) is 1.19. The molecule has 0 aromatic carbocycles. The summed E-state index contributed by atoms with van der Waals surface area (Å²) in [4.78, 5) is 18.2. The first-order valence-electron chi connectivity index (χ1n) is 2.91. The maximum Gasteiger partial charge on any atom is 0.284 e. The fraction of sp³-hybridized carbons (Fsp3) is 0. The van der Waals surface area contributed by atoms with Crippen molar-refractivity contribution in [3.63, 3.8) is 0 Å². The molecule has 1 heterocycles. The van der Waals surface area contributed by atoms with E-state index in [1.165, 1.54) is 18.6 Å². The lowest BCUT2D eigenvalue weighted by Crippen LogP contribution is -2.18. The number of hydrogen-bond donors (Lipinski definition) is 1. The van der Waals surface area contributed by atoms with Gasteiger partial charge in [0.1, 0.15) is 10.8 Å². The summed E-state index contributed by atoms with van der Waals surface area (Å²) < 4.78 is 0. The highest BCUT2D eigenvalue weighted by Gasteiger charge is 2.06. The van der Waals surface area contributed by atoms with Gasteiger partial charge in [-0.3, -0.25) is 15.1 Å². The molecule has 0 bridgehead atoms. The molecule has 5 nitrogen and oxygen atoms in total. The summed E-state index contributed by atoms with van der Waals surface area (Å²) in [5, 5.41) is 10.1. The van der Waals surface area contributed by atoms with Gasteiger partial charge in [-0.15, -0.1) is 0 Å². The third kappa shape index (κ3) is 1.90. The number of nitrogens with one attached hydrogen (secondary N) is 1. The van der Waals surface area contributed by atoms with Gasteiger partial charge >= 0.3 is 0 Å². The predicted octanol–water partition coefficient (Wildman–Crippen LogP) is 0.341. The number of nitriles is 1. The molecule has 0 unspecified atom stereocenters. The Morgan fingerprint density at radius 3 is 3.00 bits per heavy atom. The Hall–Kier alpha value is -1.67. The van der Waals surface area contributed by atoms with Crippen molar-refractivity contribution in [2.24, 2.45) is 0 Å². The van der Waals surface area contributed by atoms with Crippen LogP contribution >= 0.6 is 11.6 Å². The Morgan fingerprint density at radius 1 is 1.67 bits per heavy atom. The van der Waals surface area contributed by atoms with E-state index in [9.17, 15) is 4.79 Å². The Kier molecular flexibility index (Phi) is 2.56. The minimum atomic E-state index is -0.618. The lowest BCUT2D eigenvalue weighted by Gasteiger charge is -1.94. The summed E-state index contributed by atoms with van der Waals surface area (Å²) in [5.41, 5.74) is 0.0176. The highest BCUT2D eigenvalue weighted by Crippen LogP contribution is 2.01. The second kappa shape index (κ2) is 3.64. The van der Waals surface area contributed by atoms with Crippen LogP contribution in [0.1, 0.15) is 10.5 Å². The molecule has 60 valence electrons. The van der Waals surface area contributed by atoms with Crippen molar-refractivity contribution in [1.82, 2.24) is 15.3 Å². The second-order valence-corrected chi connectivity index (χ2v) is 2.18. The fourth-order valence-electron chi connectivity index (χ4n) is 0.566. The molecule has 6 heteroatoms. The van der Waals surface area contributed by atoms with Crippen LogP contribution in [0.4, 0.5) is 0 Å². The van der Waals surface area contributed by atoms with Crippen LogP contribution in [0.5, 0.6) is 0 Å². The minimum Gasteiger partial charge on any atom is -0.266 e. The zero-order chi connectivity index (χ0) is 8.97. The van der Waals surface area contributed by atoms with E-state index in [1.807, 2.05) is 5.32 Å². The van der Waals surface area contributed by atoms with Crippen LogP contribution in [0.15, 0.2) is 12.4 Å². The van der Waals surface area contributed by atoms with Crippen LogP contribution in [0.25, 0.3) is 0 Å². The van der Waals surface area contributed by atoms with Crippen LogP contribution in [0.3, 0.4) is 0 Å². The molecule has 1 aromatic heterocycles. The molecular formula is C6H3ClN4O.